The summed E-state index contributed by atoms with van der Waals surface area (Å²) in [5, 5.41) is 3.85. The zero-order valence-electron chi connectivity index (χ0n) is 7.01. The van der Waals surface area contributed by atoms with Crippen molar-refractivity contribution in [3.05, 3.63) is 23.1 Å². The number of rotatable bonds is 3. The monoisotopic (exact) mass is 185 g/mol. The third kappa shape index (κ3) is 1.82. The summed E-state index contributed by atoms with van der Waals surface area (Å²) in [4.78, 5) is 0. The first-order valence-electron chi connectivity index (χ1n) is 4.23. The molecule has 0 spiro atoms. The second-order valence-electron chi connectivity index (χ2n) is 3.41. The molecule has 2 rings (SSSR count). The molecule has 1 aromatic heterocycles. The van der Waals surface area contributed by atoms with Gasteiger partial charge in [-0.1, -0.05) is 6.92 Å². The number of halogens is 1. The summed E-state index contributed by atoms with van der Waals surface area (Å²) in [5.41, 5.74) is 0. The van der Waals surface area contributed by atoms with Crippen molar-refractivity contribution in [2.45, 2.75) is 25.9 Å². The highest BCUT2D eigenvalue weighted by molar-refractivity contribution is 6.28. The first-order valence-corrected chi connectivity index (χ1v) is 4.61. The molecule has 0 aromatic carbocycles. The standard InChI is InChI=1S/C9H12ClNO/c1-6-4-8(6)11-5-7-2-3-9(10)12-7/h2-3,6,8,11H,4-5H2,1H3. The summed E-state index contributed by atoms with van der Waals surface area (Å²) in [6, 6.07) is 4.37. The molecule has 1 heterocycles. The lowest BCUT2D eigenvalue weighted by atomic mass is 10.4. The Morgan fingerprint density at radius 3 is 2.92 bits per heavy atom. The molecule has 0 radical (unpaired) electrons. The zero-order valence-corrected chi connectivity index (χ0v) is 7.77. The maximum atomic E-state index is 5.63. The summed E-state index contributed by atoms with van der Waals surface area (Å²) in [7, 11) is 0. The lowest BCUT2D eigenvalue weighted by Crippen LogP contribution is -2.16. The predicted octanol–water partition coefficient (Wildman–Crippen LogP) is 2.43. The molecule has 2 nitrogen and oxygen atoms in total. The molecule has 1 aliphatic carbocycles. The third-order valence-corrected chi connectivity index (χ3v) is 2.48. The number of furan rings is 1. The smallest absolute Gasteiger partial charge is 0.193 e. The second kappa shape index (κ2) is 3.11. The fourth-order valence-electron chi connectivity index (χ4n) is 1.28. The van der Waals surface area contributed by atoms with Gasteiger partial charge in [0.1, 0.15) is 5.76 Å². The molecule has 1 saturated carbocycles. The first kappa shape index (κ1) is 8.14. The molecule has 0 bridgehead atoms. The summed E-state index contributed by atoms with van der Waals surface area (Å²) >= 11 is 5.63. The third-order valence-electron chi connectivity index (χ3n) is 2.28. The fourth-order valence-corrected chi connectivity index (χ4v) is 1.45. The Hall–Kier alpha value is -0.470. The van der Waals surface area contributed by atoms with Gasteiger partial charge in [-0.05, 0) is 36.1 Å². The lowest BCUT2D eigenvalue weighted by Gasteiger charge is -1.98. The van der Waals surface area contributed by atoms with Gasteiger partial charge < -0.3 is 9.73 Å². The molecular formula is C9H12ClNO. The average Bonchev–Trinajstić information content (AvgIpc) is 2.56. The van der Waals surface area contributed by atoms with Gasteiger partial charge in [0.2, 0.25) is 0 Å². The van der Waals surface area contributed by atoms with E-state index < -0.39 is 0 Å². The summed E-state index contributed by atoms with van der Waals surface area (Å²) < 4.78 is 5.20. The second-order valence-corrected chi connectivity index (χ2v) is 3.78. The van der Waals surface area contributed by atoms with E-state index in [1.165, 1.54) is 6.42 Å². The Balaban J connectivity index is 1.80. The van der Waals surface area contributed by atoms with Crippen LogP contribution in [0.15, 0.2) is 16.5 Å². The van der Waals surface area contributed by atoms with Crippen LogP contribution in [0, 0.1) is 5.92 Å². The van der Waals surface area contributed by atoms with Crippen LogP contribution in [0.4, 0.5) is 0 Å². The van der Waals surface area contributed by atoms with Gasteiger partial charge in [-0.3, -0.25) is 0 Å². The van der Waals surface area contributed by atoms with E-state index in [1.807, 2.05) is 6.07 Å². The highest BCUT2D eigenvalue weighted by Crippen LogP contribution is 2.29. The molecule has 66 valence electrons. The SMILES string of the molecule is CC1CC1NCc1ccc(Cl)o1. The molecule has 0 aliphatic heterocycles. The predicted molar refractivity (Wildman–Crippen MR) is 48.1 cm³/mol. The van der Waals surface area contributed by atoms with Crippen LogP contribution in [-0.4, -0.2) is 6.04 Å². The Labute approximate surface area is 76.9 Å². The summed E-state index contributed by atoms with van der Waals surface area (Å²) in [6.45, 7) is 3.04. The van der Waals surface area contributed by atoms with Crippen LogP contribution >= 0.6 is 11.6 Å². The van der Waals surface area contributed by atoms with Crippen LogP contribution in [0.1, 0.15) is 19.1 Å². The van der Waals surface area contributed by atoms with E-state index in [0.717, 1.165) is 18.2 Å². The van der Waals surface area contributed by atoms with Crippen molar-refractivity contribution in [3.8, 4) is 0 Å². The van der Waals surface area contributed by atoms with Crippen molar-refractivity contribution in [2.24, 2.45) is 5.92 Å². The molecule has 0 saturated heterocycles. The van der Waals surface area contributed by atoms with Crippen molar-refractivity contribution in [3.63, 3.8) is 0 Å². The largest absolute Gasteiger partial charge is 0.448 e. The van der Waals surface area contributed by atoms with Crippen LogP contribution in [0.25, 0.3) is 0 Å². The van der Waals surface area contributed by atoms with Gasteiger partial charge in [0.05, 0.1) is 6.54 Å². The molecule has 3 heteroatoms. The molecule has 0 amide bonds. The van der Waals surface area contributed by atoms with Gasteiger partial charge in [-0.25, -0.2) is 0 Å². The number of nitrogens with one attached hydrogen (secondary N) is 1. The van der Waals surface area contributed by atoms with Crippen LogP contribution < -0.4 is 5.32 Å². The summed E-state index contributed by atoms with van der Waals surface area (Å²) in [5.74, 6) is 1.74. The highest BCUT2D eigenvalue weighted by Gasteiger charge is 2.31. The topological polar surface area (TPSA) is 25.2 Å². The van der Waals surface area contributed by atoms with Crippen molar-refractivity contribution < 1.29 is 4.42 Å². The Morgan fingerprint density at radius 2 is 2.42 bits per heavy atom. The van der Waals surface area contributed by atoms with Crippen LogP contribution in [0.5, 0.6) is 0 Å². The minimum atomic E-state index is 0.468. The quantitative estimate of drug-likeness (QED) is 0.783. The van der Waals surface area contributed by atoms with Gasteiger partial charge in [-0.15, -0.1) is 0 Å². The molecule has 1 aromatic rings. The molecule has 12 heavy (non-hydrogen) atoms. The number of hydrogen-bond donors (Lipinski definition) is 1. The van der Waals surface area contributed by atoms with E-state index in [0.29, 0.717) is 11.3 Å². The minimum absolute atomic E-state index is 0.468. The average molecular weight is 186 g/mol. The highest BCUT2D eigenvalue weighted by atomic mass is 35.5. The number of hydrogen-bond acceptors (Lipinski definition) is 2. The van der Waals surface area contributed by atoms with Crippen LogP contribution in [-0.2, 0) is 6.54 Å². The first-order chi connectivity index (χ1) is 5.75. The lowest BCUT2D eigenvalue weighted by molar-refractivity contribution is 0.480. The van der Waals surface area contributed by atoms with E-state index in [-0.39, 0.29) is 0 Å². The Bertz CT molecular complexity index is 271. The zero-order chi connectivity index (χ0) is 8.55. The van der Waals surface area contributed by atoms with Crippen molar-refractivity contribution in [1.29, 1.82) is 0 Å². The maximum absolute atomic E-state index is 5.63. The Kier molecular flexibility index (Phi) is 2.11. The normalized spacial score (nSPS) is 27.5. The molecule has 1 aliphatic rings. The van der Waals surface area contributed by atoms with Gasteiger partial charge in [0.25, 0.3) is 0 Å². The van der Waals surface area contributed by atoms with E-state index in [1.54, 1.807) is 6.07 Å². The molecule has 1 fully saturated rings. The van der Waals surface area contributed by atoms with Gasteiger partial charge >= 0.3 is 0 Å². The van der Waals surface area contributed by atoms with Gasteiger partial charge in [0.15, 0.2) is 5.22 Å². The van der Waals surface area contributed by atoms with Gasteiger partial charge in [0, 0.05) is 6.04 Å². The van der Waals surface area contributed by atoms with E-state index >= 15 is 0 Å². The Morgan fingerprint density at radius 1 is 1.67 bits per heavy atom. The molecule has 1 N–H and O–H groups in total. The van der Waals surface area contributed by atoms with Crippen LogP contribution in [0.2, 0.25) is 5.22 Å². The van der Waals surface area contributed by atoms with E-state index in [9.17, 15) is 0 Å². The van der Waals surface area contributed by atoms with E-state index in [4.69, 9.17) is 16.0 Å². The van der Waals surface area contributed by atoms with Crippen molar-refractivity contribution >= 4 is 11.6 Å². The van der Waals surface area contributed by atoms with Crippen molar-refractivity contribution in [2.75, 3.05) is 0 Å². The van der Waals surface area contributed by atoms with E-state index in [2.05, 4.69) is 12.2 Å². The molecule has 2 unspecified atom stereocenters. The summed E-state index contributed by atoms with van der Waals surface area (Å²) in [6.07, 6.45) is 1.29. The maximum Gasteiger partial charge on any atom is 0.193 e. The fraction of sp³-hybridized carbons (Fsp3) is 0.556. The minimum Gasteiger partial charge on any atom is -0.448 e. The van der Waals surface area contributed by atoms with Gasteiger partial charge in [-0.2, -0.15) is 0 Å². The van der Waals surface area contributed by atoms with Crippen molar-refractivity contribution in [1.82, 2.24) is 5.32 Å². The van der Waals surface area contributed by atoms with Crippen LogP contribution in [0.3, 0.4) is 0 Å². The molecular weight excluding hydrogens is 174 g/mol. The molecule has 2 atom stereocenters.